The van der Waals surface area contributed by atoms with Crippen LogP contribution < -0.4 is 5.32 Å². The first-order chi connectivity index (χ1) is 9.72. The fraction of sp³-hybridized carbons (Fsp3) is 0.538. The molecule has 1 atom stereocenters. The van der Waals surface area contributed by atoms with Crippen LogP contribution in [-0.2, 0) is 9.59 Å². The molecule has 0 aliphatic carbocycles. The maximum Gasteiger partial charge on any atom is 0.316 e. The van der Waals surface area contributed by atoms with Crippen LogP contribution in [0.25, 0.3) is 0 Å². The zero-order valence-electron chi connectivity index (χ0n) is 11.2. The SMILES string of the molecule is O=C(Nc1ncccn1)C(=O)N1CCCCC1CCO. The third-order valence-electron chi connectivity index (χ3n) is 3.34. The van der Waals surface area contributed by atoms with E-state index in [9.17, 15) is 9.59 Å². The molecule has 1 saturated heterocycles. The fourth-order valence-electron chi connectivity index (χ4n) is 2.37. The van der Waals surface area contributed by atoms with Crippen molar-refractivity contribution in [1.82, 2.24) is 14.9 Å². The Morgan fingerprint density at radius 1 is 1.35 bits per heavy atom. The van der Waals surface area contributed by atoms with Crippen LogP contribution in [0.3, 0.4) is 0 Å². The van der Waals surface area contributed by atoms with Crippen molar-refractivity contribution in [3.05, 3.63) is 18.5 Å². The Bertz CT molecular complexity index is 464. The molecule has 1 aromatic heterocycles. The van der Waals surface area contributed by atoms with Crippen molar-refractivity contribution in [2.75, 3.05) is 18.5 Å². The lowest BCUT2D eigenvalue weighted by atomic mass is 9.99. The van der Waals surface area contributed by atoms with E-state index in [1.54, 1.807) is 6.07 Å². The summed E-state index contributed by atoms with van der Waals surface area (Å²) in [5, 5.41) is 11.4. The first kappa shape index (κ1) is 14.4. The van der Waals surface area contributed by atoms with Crippen molar-refractivity contribution >= 4 is 17.8 Å². The van der Waals surface area contributed by atoms with Crippen LogP contribution in [0.2, 0.25) is 0 Å². The number of carbonyl (C=O) groups excluding carboxylic acids is 2. The minimum Gasteiger partial charge on any atom is -0.396 e. The number of aromatic nitrogens is 2. The van der Waals surface area contributed by atoms with Crippen LogP contribution in [0.4, 0.5) is 5.95 Å². The van der Waals surface area contributed by atoms with Gasteiger partial charge in [-0.25, -0.2) is 9.97 Å². The minimum atomic E-state index is -0.735. The number of nitrogens with zero attached hydrogens (tertiary/aromatic N) is 3. The molecule has 7 nitrogen and oxygen atoms in total. The standard InChI is InChI=1S/C13H18N4O3/c18-9-5-10-4-1-2-8-17(10)12(20)11(19)16-13-14-6-3-7-15-13/h3,6-7,10,18H,1-2,4-5,8-9H2,(H,14,15,16,19). The molecule has 0 spiro atoms. The number of anilines is 1. The Labute approximate surface area is 117 Å². The van der Waals surface area contributed by atoms with Crippen LogP contribution >= 0.6 is 0 Å². The molecule has 0 radical (unpaired) electrons. The molecule has 1 aliphatic heterocycles. The third-order valence-corrected chi connectivity index (χ3v) is 3.34. The molecular formula is C13H18N4O3. The highest BCUT2D eigenvalue weighted by Gasteiger charge is 2.30. The van der Waals surface area contributed by atoms with Crippen molar-refractivity contribution in [3.63, 3.8) is 0 Å². The van der Waals surface area contributed by atoms with Crippen molar-refractivity contribution in [2.24, 2.45) is 0 Å². The van der Waals surface area contributed by atoms with Gasteiger partial charge in [0.2, 0.25) is 5.95 Å². The second-order valence-electron chi connectivity index (χ2n) is 4.69. The lowest BCUT2D eigenvalue weighted by molar-refractivity contribution is -0.146. The van der Waals surface area contributed by atoms with Crippen LogP contribution in [0.15, 0.2) is 18.5 Å². The second-order valence-corrected chi connectivity index (χ2v) is 4.69. The van der Waals surface area contributed by atoms with E-state index in [1.807, 2.05) is 0 Å². The highest BCUT2D eigenvalue weighted by molar-refractivity contribution is 6.39. The predicted octanol–water partition coefficient (Wildman–Crippen LogP) is 0.179. The van der Waals surface area contributed by atoms with Gasteiger partial charge in [-0.05, 0) is 31.7 Å². The summed E-state index contributed by atoms with van der Waals surface area (Å²) in [5.41, 5.74) is 0. The third kappa shape index (κ3) is 3.51. The Hall–Kier alpha value is -2.02. The van der Waals surface area contributed by atoms with Crippen LogP contribution in [0, 0.1) is 0 Å². The molecule has 1 aromatic rings. The van der Waals surface area contributed by atoms with E-state index in [0.29, 0.717) is 13.0 Å². The number of aliphatic hydroxyl groups is 1. The number of likely N-dealkylation sites (tertiary alicyclic amines) is 1. The van der Waals surface area contributed by atoms with Gasteiger partial charge in [0, 0.05) is 31.6 Å². The van der Waals surface area contributed by atoms with E-state index in [4.69, 9.17) is 5.11 Å². The van der Waals surface area contributed by atoms with E-state index >= 15 is 0 Å². The van der Waals surface area contributed by atoms with Gasteiger partial charge in [0.25, 0.3) is 0 Å². The number of hydrogen-bond donors (Lipinski definition) is 2. The molecule has 7 heteroatoms. The largest absolute Gasteiger partial charge is 0.396 e. The Morgan fingerprint density at radius 2 is 2.10 bits per heavy atom. The summed E-state index contributed by atoms with van der Waals surface area (Å²) < 4.78 is 0. The fourth-order valence-corrected chi connectivity index (χ4v) is 2.37. The number of aliphatic hydroxyl groups excluding tert-OH is 1. The maximum absolute atomic E-state index is 12.2. The summed E-state index contributed by atoms with van der Waals surface area (Å²) >= 11 is 0. The molecule has 0 saturated carbocycles. The van der Waals surface area contributed by atoms with Gasteiger partial charge in [-0.3, -0.25) is 14.9 Å². The quantitative estimate of drug-likeness (QED) is 0.769. The van der Waals surface area contributed by atoms with E-state index in [-0.39, 0.29) is 18.6 Å². The lowest BCUT2D eigenvalue weighted by Gasteiger charge is -2.34. The number of nitrogens with one attached hydrogen (secondary N) is 1. The van der Waals surface area contributed by atoms with Crippen molar-refractivity contribution in [3.8, 4) is 0 Å². The van der Waals surface area contributed by atoms with Crippen molar-refractivity contribution < 1.29 is 14.7 Å². The average molecular weight is 278 g/mol. The normalized spacial score (nSPS) is 18.6. The Kier molecular flexibility index (Phi) is 5.00. The van der Waals surface area contributed by atoms with Crippen molar-refractivity contribution in [2.45, 2.75) is 31.7 Å². The van der Waals surface area contributed by atoms with E-state index in [2.05, 4.69) is 15.3 Å². The lowest BCUT2D eigenvalue weighted by Crippen LogP contribution is -2.48. The highest BCUT2D eigenvalue weighted by atomic mass is 16.3. The smallest absolute Gasteiger partial charge is 0.316 e. The van der Waals surface area contributed by atoms with Gasteiger partial charge in [0.05, 0.1) is 0 Å². The van der Waals surface area contributed by atoms with Gasteiger partial charge in [0.1, 0.15) is 0 Å². The van der Waals surface area contributed by atoms with Gasteiger partial charge in [-0.15, -0.1) is 0 Å². The maximum atomic E-state index is 12.2. The zero-order chi connectivity index (χ0) is 14.4. The summed E-state index contributed by atoms with van der Waals surface area (Å²) in [6, 6.07) is 1.56. The molecule has 108 valence electrons. The summed E-state index contributed by atoms with van der Waals surface area (Å²) in [7, 11) is 0. The second kappa shape index (κ2) is 6.95. The molecule has 20 heavy (non-hydrogen) atoms. The monoisotopic (exact) mass is 278 g/mol. The van der Waals surface area contributed by atoms with Crippen LogP contribution in [0.5, 0.6) is 0 Å². The zero-order valence-corrected chi connectivity index (χ0v) is 11.2. The summed E-state index contributed by atoms with van der Waals surface area (Å²) in [6.07, 6.45) is 6.19. The Balaban J connectivity index is 1.99. The first-order valence-electron chi connectivity index (χ1n) is 6.72. The Morgan fingerprint density at radius 3 is 2.80 bits per heavy atom. The number of amides is 2. The minimum absolute atomic E-state index is 0.0118. The van der Waals surface area contributed by atoms with Gasteiger partial charge in [-0.1, -0.05) is 0 Å². The summed E-state index contributed by atoms with van der Waals surface area (Å²) in [5.74, 6) is -1.21. The topological polar surface area (TPSA) is 95.4 Å². The van der Waals surface area contributed by atoms with Gasteiger partial charge < -0.3 is 10.0 Å². The first-order valence-corrected chi connectivity index (χ1v) is 6.72. The molecular weight excluding hydrogens is 260 g/mol. The van der Waals surface area contributed by atoms with Gasteiger partial charge >= 0.3 is 11.8 Å². The molecule has 0 aromatic carbocycles. The van der Waals surface area contributed by atoms with E-state index in [0.717, 1.165) is 19.3 Å². The highest BCUT2D eigenvalue weighted by Crippen LogP contribution is 2.19. The molecule has 1 unspecified atom stereocenters. The molecule has 2 heterocycles. The predicted molar refractivity (Wildman–Crippen MR) is 71.7 cm³/mol. The number of piperidine rings is 1. The number of hydrogen-bond acceptors (Lipinski definition) is 5. The number of carbonyl (C=O) groups is 2. The molecule has 0 bridgehead atoms. The summed E-state index contributed by atoms with van der Waals surface area (Å²) in [6.45, 7) is 0.560. The molecule has 2 rings (SSSR count). The number of rotatable bonds is 3. The average Bonchev–Trinajstić information content (AvgIpc) is 2.48. The van der Waals surface area contributed by atoms with Gasteiger partial charge in [-0.2, -0.15) is 0 Å². The van der Waals surface area contributed by atoms with Gasteiger partial charge in [0.15, 0.2) is 0 Å². The van der Waals surface area contributed by atoms with E-state index < -0.39 is 11.8 Å². The van der Waals surface area contributed by atoms with E-state index in [1.165, 1.54) is 17.3 Å². The molecule has 1 fully saturated rings. The molecule has 1 aliphatic rings. The molecule has 2 N–H and O–H groups in total. The van der Waals surface area contributed by atoms with Crippen LogP contribution in [-0.4, -0.2) is 51.0 Å². The summed E-state index contributed by atoms with van der Waals surface area (Å²) in [4.78, 5) is 33.3. The van der Waals surface area contributed by atoms with Crippen molar-refractivity contribution in [1.29, 1.82) is 0 Å². The van der Waals surface area contributed by atoms with Crippen LogP contribution in [0.1, 0.15) is 25.7 Å². The molecule has 2 amide bonds.